The maximum absolute atomic E-state index is 12.0. The predicted molar refractivity (Wildman–Crippen MR) is 87.8 cm³/mol. The Morgan fingerprint density at radius 3 is 2.43 bits per heavy atom. The molecule has 0 spiro atoms. The molecule has 4 fully saturated rings. The van der Waals surface area contributed by atoms with E-state index in [0.29, 0.717) is 11.1 Å². The summed E-state index contributed by atoms with van der Waals surface area (Å²) in [6, 6.07) is 0. The Morgan fingerprint density at radius 1 is 1.22 bits per heavy atom. The first-order chi connectivity index (χ1) is 11.1. The molecule has 0 radical (unpaired) electrons. The van der Waals surface area contributed by atoms with Crippen LogP contribution in [0.1, 0.15) is 62.4 Å². The van der Waals surface area contributed by atoms with E-state index < -0.39 is 0 Å². The van der Waals surface area contributed by atoms with Crippen molar-refractivity contribution in [3.8, 4) is 0 Å². The molecular weight excluding hydrogens is 288 g/mol. The van der Waals surface area contributed by atoms with Crippen LogP contribution in [0.5, 0.6) is 0 Å². The Balaban J connectivity index is 1.40. The number of aromatic nitrogens is 2. The van der Waals surface area contributed by atoms with Gasteiger partial charge < -0.3 is 0 Å². The second kappa shape index (κ2) is 5.69. The first kappa shape index (κ1) is 14.8. The molecule has 1 heterocycles. The molecule has 122 valence electrons. The average Bonchev–Trinajstić information content (AvgIpc) is 2.51. The van der Waals surface area contributed by atoms with Crippen LogP contribution in [0.15, 0.2) is 23.7 Å². The van der Waals surface area contributed by atoms with Crippen LogP contribution in [0.25, 0.3) is 0 Å². The van der Waals surface area contributed by atoms with Gasteiger partial charge in [-0.25, -0.2) is 10.4 Å². The van der Waals surface area contributed by atoms with E-state index in [0.717, 1.165) is 29.9 Å². The lowest BCUT2D eigenvalue weighted by molar-refractivity contribution is -0.0482. The fourth-order valence-corrected chi connectivity index (χ4v) is 5.71. The molecule has 4 bridgehead atoms. The summed E-state index contributed by atoms with van der Waals surface area (Å²) in [5, 5.41) is 4.33. The van der Waals surface area contributed by atoms with Crippen molar-refractivity contribution in [2.75, 3.05) is 0 Å². The van der Waals surface area contributed by atoms with Gasteiger partial charge in [-0.2, -0.15) is 5.10 Å². The number of carbonyl (C=O) groups excluding carboxylic acids is 1. The highest BCUT2D eigenvalue weighted by molar-refractivity contribution is 5.93. The number of hydrazone groups is 1. The van der Waals surface area contributed by atoms with Crippen LogP contribution < -0.4 is 5.43 Å². The summed E-state index contributed by atoms with van der Waals surface area (Å²) in [4.78, 5) is 19.9. The molecule has 0 unspecified atom stereocenters. The molecule has 1 amide bonds. The maximum Gasteiger partial charge on any atom is 0.291 e. The Labute approximate surface area is 137 Å². The van der Waals surface area contributed by atoms with E-state index in [1.54, 1.807) is 6.20 Å². The third-order valence-corrected chi connectivity index (χ3v) is 5.94. The Morgan fingerprint density at radius 2 is 1.87 bits per heavy atom. The average molecular weight is 312 g/mol. The van der Waals surface area contributed by atoms with Crippen molar-refractivity contribution in [1.82, 2.24) is 15.4 Å². The third-order valence-electron chi connectivity index (χ3n) is 5.94. The van der Waals surface area contributed by atoms with Crippen molar-refractivity contribution in [2.45, 2.75) is 51.9 Å². The minimum Gasteiger partial charge on any atom is -0.265 e. The van der Waals surface area contributed by atoms with Crippen molar-refractivity contribution in [3.63, 3.8) is 0 Å². The molecule has 23 heavy (non-hydrogen) atoms. The summed E-state index contributed by atoms with van der Waals surface area (Å²) < 4.78 is 0. The zero-order valence-corrected chi connectivity index (χ0v) is 13.7. The Bertz CT molecular complexity index is 590. The van der Waals surface area contributed by atoms with Crippen LogP contribution in [0, 0.1) is 23.2 Å². The molecule has 4 aliphatic carbocycles. The van der Waals surface area contributed by atoms with Gasteiger partial charge in [0.2, 0.25) is 0 Å². The highest BCUT2D eigenvalue weighted by Gasteiger charge is 2.50. The molecule has 5 heteroatoms. The number of carbonyl (C=O) groups is 1. The monoisotopic (exact) mass is 312 g/mol. The van der Waals surface area contributed by atoms with E-state index in [1.165, 1.54) is 50.9 Å². The number of amides is 1. The molecule has 0 aromatic carbocycles. The fraction of sp³-hybridized carbons (Fsp3) is 0.667. The summed E-state index contributed by atoms with van der Waals surface area (Å²) in [6.45, 7) is 2.04. The van der Waals surface area contributed by atoms with Crippen LogP contribution in [0.3, 0.4) is 0 Å². The van der Waals surface area contributed by atoms with Gasteiger partial charge >= 0.3 is 0 Å². The van der Waals surface area contributed by atoms with Crippen LogP contribution in [-0.4, -0.2) is 21.6 Å². The van der Waals surface area contributed by atoms with Crippen molar-refractivity contribution in [2.24, 2.45) is 28.3 Å². The van der Waals surface area contributed by atoms with Crippen LogP contribution in [0.2, 0.25) is 0 Å². The molecule has 5 rings (SSSR count). The maximum atomic E-state index is 12.0. The molecule has 0 saturated heterocycles. The smallest absolute Gasteiger partial charge is 0.265 e. The Kier molecular flexibility index (Phi) is 3.66. The first-order valence-corrected chi connectivity index (χ1v) is 8.71. The lowest BCUT2D eigenvalue weighted by Gasteiger charge is -2.57. The minimum atomic E-state index is -0.289. The van der Waals surface area contributed by atoms with E-state index in [9.17, 15) is 4.79 Å². The summed E-state index contributed by atoms with van der Waals surface area (Å²) in [5.74, 6) is 2.55. The van der Waals surface area contributed by atoms with Gasteiger partial charge in [-0.05, 0) is 75.0 Å². The summed E-state index contributed by atoms with van der Waals surface area (Å²) in [6.07, 6.45) is 14.0. The molecule has 1 N–H and O–H groups in total. The van der Waals surface area contributed by atoms with E-state index in [4.69, 9.17) is 0 Å². The lowest BCUT2D eigenvalue weighted by Crippen LogP contribution is -2.46. The van der Waals surface area contributed by atoms with E-state index in [1.807, 2.05) is 6.92 Å². The van der Waals surface area contributed by atoms with Crippen LogP contribution >= 0.6 is 0 Å². The second-order valence-electron chi connectivity index (χ2n) is 7.97. The van der Waals surface area contributed by atoms with Crippen molar-refractivity contribution < 1.29 is 4.79 Å². The SMILES string of the molecule is CC(CC12CC3CC(CC(C3)C1)C2)=NNC(=O)c1cnccn1. The summed E-state index contributed by atoms with van der Waals surface area (Å²) in [7, 11) is 0. The highest BCUT2D eigenvalue weighted by atomic mass is 16.2. The molecule has 4 saturated carbocycles. The molecule has 5 nitrogen and oxygen atoms in total. The number of hydrogen-bond donors (Lipinski definition) is 1. The number of nitrogens with zero attached hydrogens (tertiary/aromatic N) is 3. The Hall–Kier alpha value is -1.78. The van der Waals surface area contributed by atoms with Gasteiger partial charge in [-0.15, -0.1) is 0 Å². The minimum absolute atomic E-state index is 0.289. The first-order valence-electron chi connectivity index (χ1n) is 8.71. The third kappa shape index (κ3) is 3.01. The van der Waals surface area contributed by atoms with Crippen molar-refractivity contribution >= 4 is 11.6 Å². The standard InChI is InChI=1S/C18H24N4O/c1-12(21-22-17(23)16-11-19-2-3-20-16)7-18-8-13-4-14(9-18)6-15(5-13)10-18/h2-3,11,13-15H,4-10H2,1H3,(H,22,23). The van der Waals surface area contributed by atoms with Gasteiger partial charge in [0.25, 0.3) is 5.91 Å². The molecule has 4 aliphatic rings. The zero-order valence-electron chi connectivity index (χ0n) is 13.7. The topological polar surface area (TPSA) is 67.2 Å². The van der Waals surface area contributed by atoms with Gasteiger partial charge in [0.1, 0.15) is 5.69 Å². The van der Waals surface area contributed by atoms with E-state index in [2.05, 4.69) is 20.5 Å². The zero-order chi connectivity index (χ0) is 15.9. The van der Waals surface area contributed by atoms with Gasteiger partial charge in [0.15, 0.2) is 0 Å². The van der Waals surface area contributed by atoms with Gasteiger partial charge in [0.05, 0.1) is 6.20 Å². The molecule has 0 atom stereocenters. The molecule has 0 aliphatic heterocycles. The number of hydrogen-bond acceptors (Lipinski definition) is 4. The van der Waals surface area contributed by atoms with Crippen molar-refractivity contribution in [3.05, 3.63) is 24.3 Å². The second-order valence-corrected chi connectivity index (χ2v) is 7.97. The quantitative estimate of drug-likeness (QED) is 0.686. The van der Waals surface area contributed by atoms with E-state index in [-0.39, 0.29) is 5.91 Å². The number of nitrogens with one attached hydrogen (secondary N) is 1. The van der Waals surface area contributed by atoms with Gasteiger partial charge in [0, 0.05) is 18.1 Å². The predicted octanol–water partition coefficient (Wildman–Crippen LogP) is 3.19. The summed E-state index contributed by atoms with van der Waals surface area (Å²) >= 11 is 0. The van der Waals surface area contributed by atoms with E-state index >= 15 is 0 Å². The van der Waals surface area contributed by atoms with Crippen LogP contribution in [-0.2, 0) is 0 Å². The highest BCUT2D eigenvalue weighted by Crippen LogP contribution is 2.61. The van der Waals surface area contributed by atoms with Crippen LogP contribution in [0.4, 0.5) is 0 Å². The molecule has 1 aromatic rings. The molecular formula is C18H24N4O. The largest absolute Gasteiger partial charge is 0.291 e. The number of rotatable bonds is 4. The van der Waals surface area contributed by atoms with Gasteiger partial charge in [-0.1, -0.05) is 0 Å². The lowest BCUT2D eigenvalue weighted by atomic mass is 9.48. The summed E-state index contributed by atoms with van der Waals surface area (Å²) in [5.41, 5.74) is 4.42. The van der Waals surface area contributed by atoms with Gasteiger partial charge in [-0.3, -0.25) is 9.78 Å². The normalized spacial score (nSPS) is 35.3. The fourth-order valence-electron chi connectivity index (χ4n) is 5.71. The van der Waals surface area contributed by atoms with Crippen molar-refractivity contribution in [1.29, 1.82) is 0 Å². The molecule has 1 aromatic heterocycles.